The third-order valence-corrected chi connectivity index (χ3v) is 1.48. The van der Waals surface area contributed by atoms with E-state index in [1.165, 1.54) is 5.48 Å². The summed E-state index contributed by atoms with van der Waals surface area (Å²) >= 11 is 0. The van der Waals surface area contributed by atoms with Crippen molar-refractivity contribution in [1.82, 2.24) is 10.8 Å². The fraction of sp³-hybridized carbons (Fsp3) is 0.800. The molecule has 0 aromatic heterocycles. The normalized spacial score (nSPS) is 26.1. The number of hydrogen-bond acceptors (Lipinski definition) is 3. The summed E-state index contributed by atoms with van der Waals surface area (Å²) in [5.74, 6) is -0.437. The number of rotatable bonds is 1. The fourth-order valence-electron chi connectivity index (χ4n) is 0.979. The third kappa shape index (κ3) is 1.40. The molecule has 0 bridgehead atoms. The van der Waals surface area contributed by atoms with Crippen LogP contribution in [0.2, 0.25) is 0 Å². The van der Waals surface area contributed by atoms with Crippen LogP contribution in [-0.2, 0) is 4.79 Å². The molecular weight excluding hydrogens is 120 g/mol. The smallest absolute Gasteiger partial charge is 0.226 e. The van der Waals surface area contributed by atoms with Crippen molar-refractivity contribution >= 4 is 5.91 Å². The van der Waals surface area contributed by atoms with E-state index in [1.54, 1.807) is 0 Å². The first-order valence-electron chi connectivity index (χ1n) is 3.00. The van der Waals surface area contributed by atoms with Crippen molar-refractivity contribution in [3.63, 3.8) is 0 Å². The van der Waals surface area contributed by atoms with E-state index in [2.05, 4.69) is 5.32 Å². The number of hydroxylamine groups is 1. The van der Waals surface area contributed by atoms with Gasteiger partial charge in [-0.05, 0) is 19.4 Å². The molecule has 0 spiro atoms. The van der Waals surface area contributed by atoms with E-state index in [-0.39, 0.29) is 6.04 Å². The highest BCUT2D eigenvalue weighted by Crippen LogP contribution is 2.03. The van der Waals surface area contributed by atoms with Crippen molar-refractivity contribution in [1.29, 1.82) is 0 Å². The highest BCUT2D eigenvalue weighted by atomic mass is 16.5. The Morgan fingerprint density at radius 2 is 2.56 bits per heavy atom. The van der Waals surface area contributed by atoms with Crippen LogP contribution in [0, 0.1) is 5.21 Å². The van der Waals surface area contributed by atoms with Gasteiger partial charge in [0.1, 0.15) is 0 Å². The van der Waals surface area contributed by atoms with Crippen LogP contribution < -0.4 is 10.8 Å². The number of hydrogen-bond donors (Lipinski definition) is 2. The lowest BCUT2D eigenvalue weighted by Gasteiger charge is -2.12. The molecule has 52 valence electrons. The zero-order valence-corrected chi connectivity index (χ0v) is 5.02. The Hall–Kier alpha value is -0.610. The van der Waals surface area contributed by atoms with Gasteiger partial charge in [-0.1, -0.05) is 0 Å². The molecule has 0 aromatic carbocycles. The van der Waals surface area contributed by atoms with Crippen molar-refractivity contribution in [2.24, 2.45) is 0 Å². The molecule has 1 aliphatic heterocycles. The van der Waals surface area contributed by atoms with Crippen LogP contribution in [0.3, 0.4) is 0 Å². The average molecular weight is 129 g/mol. The highest BCUT2D eigenvalue weighted by molar-refractivity contribution is 5.82. The molecule has 9 heavy (non-hydrogen) atoms. The predicted octanol–water partition coefficient (Wildman–Crippen LogP) is -0.648. The second kappa shape index (κ2) is 2.80. The Bertz CT molecular complexity index is 110. The molecule has 1 atom stereocenters. The van der Waals surface area contributed by atoms with Crippen molar-refractivity contribution in [2.75, 3.05) is 6.54 Å². The van der Waals surface area contributed by atoms with Gasteiger partial charge in [-0.3, -0.25) is 4.79 Å². The van der Waals surface area contributed by atoms with Gasteiger partial charge in [0.15, 0.2) is 0 Å². The van der Waals surface area contributed by atoms with E-state index in [1.807, 2.05) is 0 Å². The monoisotopic (exact) mass is 129 g/mol. The van der Waals surface area contributed by atoms with Crippen molar-refractivity contribution in [2.45, 2.75) is 18.9 Å². The van der Waals surface area contributed by atoms with E-state index in [9.17, 15) is 10.0 Å². The Kier molecular flexibility index (Phi) is 2.02. The van der Waals surface area contributed by atoms with Gasteiger partial charge < -0.3 is 16.0 Å². The molecule has 1 heterocycles. The number of carbonyl (C=O) groups is 1. The molecule has 2 N–H and O–H groups in total. The van der Waals surface area contributed by atoms with Crippen LogP contribution in [-0.4, -0.2) is 18.5 Å². The summed E-state index contributed by atoms with van der Waals surface area (Å²) in [6.45, 7) is 0.845. The number of amides is 1. The third-order valence-electron chi connectivity index (χ3n) is 1.48. The Labute approximate surface area is 53.2 Å². The molecular formula is C5H9N2O2-. The molecule has 0 radical (unpaired) electrons. The minimum Gasteiger partial charge on any atom is -0.759 e. The summed E-state index contributed by atoms with van der Waals surface area (Å²) in [7, 11) is 0. The predicted molar refractivity (Wildman–Crippen MR) is 32.5 cm³/mol. The molecule has 1 aliphatic rings. The highest BCUT2D eigenvalue weighted by Gasteiger charge is 2.18. The van der Waals surface area contributed by atoms with Gasteiger partial charge in [-0.2, -0.15) is 0 Å². The maximum absolute atomic E-state index is 10.5. The maximum Gasteiger partial charge on any atom is 0.226 e. The van der Waals surface area contributed by atoms with E-state index in [0.29, 0.717) is 0 Å². The zero-order chi connectivity index (χ0) is 6.69. The molecule has 1 amide bonds. The van der Waals surface area contributed by atoms with Gasteiger partial charge in [0.25, 0.3) is 0 Å². The molecule has 1 saturated heterocycles. The van der Waals surface area contributed by atoms with E-state index < -0.39 is 5.91 Å². The van der Waals surface area contributed by atoms with Crippen LogP contribution in [0.4, 0.5) is 0 Å². The number of nitrogens with one attached hydrogen (secondary N) is 2. The van der Waals surface area contributed by atoms with Gasteiger partial charge in [0.2, 0.25) is 5.91 Å². The molecule has 0 aromatic rings. The fourth-order valence-corrected chi connectivity index (χ4v) is 0.979. The topological polar surface area (TPSA) is 64.2 Å². The average Bonchev–Trinajstić information content (AvgIpc) is 2.37. The molecule has 0 unspecified atom stereocenters. The molecule has 0 saturated carbocycles. The van der Waals surface area contributed by atoms with Crippen LogP contribution >= 0.6 is 0 Å². The Morgan fingerprint density at radius 3 is 3.00 bits per heavy atom. The first-order valence-corrected chi connectivity index (χ1v) is 3.00. The van der Waals surface area contributed by atoms with Crippen LogP contribution in [0.5, 0.6) is 0 Å². The minimum atomic E-state index is -0.437. The van der Waals surface area contributed by atoms with Gasteiger partial charge in [0, 0.05) is 0 Å². The van der Waals surface area contributed by atoms with Gasteiger partial charge in [0.05, 0.1) is 6.04 Å². The lowest BCUT2D eigenvalue weighted by Crippen LogP contribution is -2.37. The first kappa shape index (κ1) is 6.51. The van der Waals surface area contributed by atoms with E-state index in [0.717, 1.165) is 19.4 Å². The van der Waals surface area contributed by atoms with Crippen LogP contribution in [0.1, 0.15) is 12.8 Å². The van der Waals surface area contributed by atoms with Gasteiger partial charge in [-0.25, -0.2) is 0 Å². The van der Waals surface area contributed by atoms with Crippen molar-refractivity contribution in [3.8, 4) is 0 Å². The molecule has 1 fully saturated rings. The number of carbonyl (C=O) groups excluding carboxylic acids is 1. The minimum absolute atomic E-state index is 0.234. The van der Waals surface area contributed by atoms with E-state index in [4.69, 9.17) is 0 Å². The standard InChI is InChI=1S/C5H9N2O2/c8-5(7-9)4-2-1-3-6-4/h4,6H,1-3H2,(H-,7,8,9)/q-1/t4-/m0/s1. The van der Waals surface area contributed by atoms with Crippen molar-refractivity contribution < 1.29 is 4.79 Å². The zero-order valence-electron chi connectivity index (χ0n) is 5.02. The summed E-state index contributed by atoms with van der Waals surface area (Å²) in [4.78, 5) is 10.5. The summed E-state index contributed by atoms with van der Waals surface area (Å²) < 4.78 is 0. The largest absolute Gasteiger partial charge is 0.759 e. The molecule has 0 aliphatic carbocycles. The Balaban J connectivity index is 2.32. The Morgan fingerprint density at radius 1 is 1.78 bits per heavy atom. The summed E-state index contributed by atoms with van der Waals surface area (Å²) in [5, 5.41) is 12.7. The second-order valence-electron chi connectivity index (χ2n) is 2.12. The first-order chi connectivity index (χ1) is 4.34. The SMILES string of the molecule is O=C(N[O-])[C@@H]1CCCN1. The van der Waals surface area contributed by atoms with Gasteiger partial charge in [-0.15, -0.1) is 0 Å². The maximum atomic E-state index is 10.5. The van der Waals surface area contributed by atoms with Gasteiger partial charge >= 0.3 is 0 Å². The lowest BCUT2D eigenvalue weighted by atomic mass is 10.2. The second-order valence-corrected chi connectivity index (χ2v) is 2.12. The summed E-state index contributed by atoms with van der Waals surface area (Å²) in [5.41, 5.74) is 1.36. The molecule has 4 nitrogen and oxygen atoms in total. The quantitative estimate of drug-likeness (QED) is 0.462. The van der Waals surface area contributed by atoms with E-state index >= 15 is 0 Å². The van der Waals surface area contributed by atoms with Crippen LogP contribution in [0.25, 0.3) is 0 Å². The lowest BCUT2D eigenvalue weighted by molar-refractivity contribution is -0.121. The van der Waals surface area contributed by atoms with Crippen LogP contribution in [0.15, 0.2) is 0 Å². The summed E-state index contributed by atoms with van der Waals surface area (Å²) in [6.07, 6.45) is 1.77. The summed E-state index contributed by atoms with van der Waals surface area (Å²) in [6, 6.07) is -0.234. The van der Waals surface area contributed by atoms with Crippen molar-refractivity contribution in [3.05, 3.63) is 5.21 Å². The molecule has 4 heteroatoms. The molecule has 1 rings (SSSR count).